The summed E-state index contributed by atoms with van der Waals surface area (Å²) in [5.74, 6) is -1.82. The van der Waals surface area contributed by atoms with Crippen LogP contribution < -0.4 is 10.5 Å². The van der Waals surface area contributed by atoms with E-state index in [1.807, 2.05) is 24.3 Å². The molecule has 12 nitrogen and oxygen atoms in total. The lowest BCUT2D eigenvalue weighted by Crippen LogP contribution is -2.21. The van der Waals surface area contributed by atoms with Gasteiger partial charge in [0.05, 0.1) is 37.9 Å². The van der Waals surface area contributed by atoms with Crippen LogP contribution in [0.25, 0.3) is 11.2 Å². The first kappa shape index (κ1) is 29.4. The molecule has 0 bridgehead atoms. The van der Waals surface area contributed by atoms with E-state index in [9.17, 15) is 14.2 Å². The Labute approximate surface area is 225 Å². The number of rotatable bonds is 12. The summed E-state index contributed by atoms with van der Waals surface area (Å²) in [6.45, 7) is 8.30. The molecule has 0 spiro atoms. The zero-order valence-corrected chi connectivity index (χ0v) is 23.8. The standard InChI is InChI=1S/C24H32N5O7PS/c1-14(2)22(30)35-37(32,36-23(31)15(3)4)13-34-16(5)11-29-12-26-19-20(29)27-24(25)28-21(19)38-18-9-7-17(33-6)8-10-18/h7-10,12,14-16H,11,13H2,1-6H3,(H2,25,27,28). The molecule has 0 radical (unpaired) electrons. The highest BCUT2D eigenvalue weighted by molar-refractivity contribution is 7.99. The predicted octanol–water partition coefficient (Wildman–Crippen LogP) is 4.52. The van der Waals surface area contributed by atoms with Crippen LogP contribution in [0.5, 0.6) is 5.75 Å². The summed E-state index contributed by atoms with van der Waals surface area (Å²) in [7, 11) is -2.60. The molecular weight excluding hydrogens is 533 g/mol. The van der Waals surface area contributed by atoms with Crippen molar-refractivity contribution in [1.29, 1.82) is 0 Å². The number of hydrogen-bond donors (Lipinski definition) is 1. The van der Waals surface area contributed by atoms with E-state index < -0.39 is 43.8 Å². The van der Waals surface area contributed by atoms with Gasteiger partial charge in [0, 0.05) is 4.90 Å². The van der Waals surface area contributed by atoms with Gasteiger partial charge in [0.25, 0.3) is 0 Å². The van der Waals surface area contributed by atoms with Gasteiger partial charge in [-0.1, -0.05) is 39.5 Å². The third-order valence-corrected chi connectivity index (χ3v) is 7.46. The molecule has 0 saturated heterocycles. The number of anilines is 1. The van der Waals surface area contributed by atoms with E-state index in [1.54, 1.807) is 52.6 Å². The fraction of sp³-hybridized carbons (Fsp3) is 0.458. The molecule has 2 heterocycles. The zero-order valence-electron chi connectivity index (χ0n) is 22.1. The van der Waals surface area contributed by atoms with E-state index in [2.05, 4.69) is 15.0 Å². The molecule has 0 aliphatic carbocycles. The average molecular weight is 566 g/mol. The summed E-state index contributed by atoms with van der Waals surface area (Å²) >= 11 is 1.38. The Morgan fingerprint density at radius 2 is 1.63 bits per heavy atom. The number of imidazole rings is 1. The Balaban J connectivity index is 1.75. The number of fused-ring (bicyclic) bond motifs is 1. The Morgan fingerprint density at radius 1 is 1.03 bits per heavy atom. The van der Waals surface area contributed by atoms with Crippen LogP contribution in [0, 0.1) is 11.8 Å². The van der Waals surface area contributed by atoms with E-state index in [-0.39, 0.29) is 12.5 Å². The Kier molecular flexibility index (Phi) is 9.75. The molecule has 1 atom stereocenters. The van der Waals surface area contributed by atoms with Gasteiger partial charge in [-0.3, -0.25) is 9.59 Å². The number of nitrogens with zero attached hydrogens (tertiary/aromatic N) is 4. The molecule has 0 aliphatic heterocycles. The number of carbonyl (C=O) groups excluding carboxylic acids is 2. The van der Waals surface area contributed by atoms with Gasteiger partial charge in [0.2, 0.25) is 5.95 Å². The minimum Gasteiger partial charge on any atom is -0.497 e. The van der Waals surface area contributed by atoms with E-state index in [4.69, 9.17) is 24.3 Å². The highest BCUT2D eigenvalue weighted by Crippen LogP contribution is 2.50. The van der Waals surface area contributed by atoms with Gasteiger partial charge in [-0.15, -0.1) is 0 Å². The van der Waals surface area contributed by atoms with Crippen LogP contribution in [-0.2, 0) is 34.5 Å². The van der Waals surface area contributed by atoms with Gasteiger partial charge in [-0.2, -0.15) is 4.98 Å². The van der Waals surface area contributed by atoms with E-state index >= 15 is 0 Å². The average Bonchev–Trinajstić information content (AvgIpc) is 3.25. The lowest BCUT2D eigenvalue weighted by atomic mass is 10.2. The molecule has 206 valence electrons. The number of carbonyl (C=O) groups is 2. The Morgan fingerprint density at radius 3 is 2.18 bits per heavy atom. The number of nitrogen functional groups attached to an aromatic ring is 1. The number of hydrogen-bond acceptors (Lipinski definition) is 12. The van der Waals surface area contributed by atoms with Crippen molar-refractivity contribution < 1.29 is 32.7 Å². The Hall–Kier alpha value is -3.15. The van der Waals surface area contributed by atoms with Crippen molar-refractivity contribution in [2.75, 3.05) is 19.2 Å². The van der Waals surface area contributed by atoms with Crippen molar-refractivity contribution in [3.05, 3.63) is 30.6 Å². The van der Waals surface area contributed by atoms with E-state index in [0.717, 1.165) is 10.6 Å². The largest absolute Gasteiger partial charge is 0.497 e. The first-order valence-electron chi connectivity index (χ1n) is 11.9. The highest BCUT2D eigenvalue weighted by atomic mass is 32.2. The third-order valence-electron chi connectivity index (χ3n) is 5.10. The van der Waals surface area contributed by atoms with Crippen LogP contribution in [0.4, 0.5) is 5.95 Å². The summed E-state index contributed by atoms with van der Waals surface area (Å²) in [6, 6.07) is 7.49. The van der Waals surface area contributed by atoms with Gasteiger partial charge >= 0.3 is 19.5 Å². The molecule has 1 aromatic carbocycles. The summed E-state index contributed by atoms with van der Waals surface area (Å²) < 4.78 is 35.9. The van der Waals surface area contributed by atoms with Gasteiger partial charge in [0.1, 0.15) is 16.3 Å². The number of methoxy groups -OCH3 is 1. The topological polar surface area (TPSA) is 158 Å². The third kappa shape index (κ3) is 7.68. The lowest BCUT2D eigenvalue weighted by molar-refractivity contribution is -0.143. The quantitative estimate of drug-likeness (QED) is 0.242. The first-order valence-corrected chi connectivity index (χ1v) is 14.4. The second-order valence-electron chi connectivity index (χ2n) is 9.08. The molecule has 0 saturated carbocycles. The normalized spacial score (nSPS) is 12.6. The lowest BCUT2D eigenvalue weighted by Gasteiger charge is -2.22. The first-order chi connectivity index (χ1) is 17.9. The van der Waals surface area contributed by atoms with Gasteiger partial charge < -0.3 is 28.8 Å². The van der Waals surface area contributed by atoms with Gasteiger partial charge in [-0.25, -0.2) is 14.5 Å². The molecule has 0 aliphatic rings. The van der Waals surface area contributed by atoms with Crippen molar-refractivity contribution in [1.82, 2.24) is 19.5 Å². The highest BCUT2D eigenvalue weighted by Gasteiger charge is 2.35. The van der Waals surface area contributed by atoms with Crippen molar-refractivity contribution in [2.45, 2.75) is 57.2 Å². The minimum absolute atomic E-state index is 0.0783. The van der Waals surface area contributed by atoms with Crippen molar-refractivity contribution in [3.63, 3.8) is 0 Å². The van der Waals surface area contributed by atoms with Crippen molar-refractivity contribution in [2.24, 2.45) is 11.8 Å². The van der Waals surface area contributed by atoms with Crippen LogP contribution in [0.15, 0.2) is 40.5 Å². The summed E-state index contributed by atoms with van der Waals surface area (Å²) in [4.78, 5) is 38.2. The maximum Gasteiger partial charge on any atom is 0.460 e. The molecule has 3 aromatic rings. The second-order valence-corrected chi connectivity index (χ2v) is 12.0. The van der Waals surface area contributed by atoms with Crippen LogP contribution >= 0.6 is 19.4 Å². The monoisotopic (exact) mass is 565 g/mol. The van der Waals surface area contributed by atoms with Crippen LogP contribution in [0.2, 0.25) is 0 Å². The van der Waals surface area contributed by atoms with Crippen LogP contribution in [0.3, 0.4) is 0 Å². The maximum atomic E-state index is 13.2. The van der Waals surface area contributed by atoms with Crippen LogP contribution in [0.1, 0.15) is 34.6 Å². The molecule has 1 unspecified atom stereocenters. The maximum absolute atomic E-state index is 13.2. The minimum atomic E-state index is -4.20. The predicted molar refractivity (Wildman–Crippen MR) is 142 cm³/mol. The molecule has 38 heavy (non-hydrogen) atoms. The smallest absolute Gasteiger partial charge is 0.460 e. The molecular formula is C24H32N5O7PS. The second kappa shape index (κ2) is 12.6. The van der Waals surface area contributed by atoms with Gasteiger partial charge in [-0.05, 0) is 31.2 Å². The number of nitrogens with two attached hydrogens (primary N) is 1. The van der Waals surface area contributed by atoms with Gasteiger partial charge in [0.15, 0.2) is 12.0 Å². The van der Waals surface area contributed by atoms with E-state index in [1.165, 1.54) is 11.8 Å². The van der Waals surface area contributed by atoms with E-state index in [0.29, 0.717) is 16.2 Å². The van der Waals surface area contributed by atoms with Crippen molar-refractivity contribution in [3.8, 4) is 5.75 Å². The number of ether oxygens (including phenoxy) is 2. The molecule has 14 heteroatoms. The molecule has 2 N–H and O–H groups in total. The number of benzene rings is 1. The molecule has 3 rings (SSSR count). The zero-order chi connectivity index (χ0) is 28.0. The SMILES string of the molecule is COc1ccc(Sc2nc(N)nc3c2ncn3CC(C)OCP(=O)(OC(=O)C(C)C)OC(=O)C(C)C)cc1. The molecule has 2 aromatic heterocycles. The molecule has 0 fully saturated rings. The van der Waals surface area contributed by atoms with Crippen LogP contribution in [-0.4, -0.2) is 51.0 Å². The fourth-order valence-electron chi connectivity index (χ4n) is 3.00. The molecule has 0 amide bonds. The Bertz CT molecular complexity index is 1300. The summed E-state index contributed by atoms with van der Waals surface area (Å²) in [5.41, 5.74) is 7.02. The number of aromatic nitrogens is 4. The summed E-state index contributed by atoms with van der Waals surface area (Å²) in [6.07, 6.45) is 0.437. The fourth-order valence-corrected chi connectivity index (χ4v) is 5.42. The van der Waals surface area contributed by atoms with Crippen molar-refractivity contribution >= 4 is 48.4 Å². The summed E-state index contributed by atoms with van der Waals surface area (Å²) in [5, 5.41) is 0.579.